The van der Waals surface area contributed by atoms with Crippen molar-refractivity contribution in [3.05, 3.63) is 95.6 Å². The lowest BCUT2D eigenvalue weighted by Gasteiger charge is -2.22. The van der Waals surface area contributed by atoms with Gasteiger partial charge in [0.25, 0.3) is 0 Å². The number of fused-ring (bicyclic) bond motifs is 3. The Kier molecular flexibility index (Phi) is 3.31. The zero-order valence-electron chi connectivity index (χ0n) is 12.9. The Balaban J connectivity index is 1.85. The molecular weight excluding hydrogens is 264 g/mol. The average molecular weight is 284 g/mol. The van der Waals surface area contributed by atoms with E-state index in [0.29, 0.717) is 11.8 Å². The lowest BCUT2D eigenvalue weighted by atomic mass is 9.81. The third-order valence-corrected chi connectivity index (χ3v) is 4.88. The van der Waals surface area contributed by atoms with Crippen LogP contribution in [-0.2, 0) is 0 Å². The molecule has 2 aromatic rings. The molecule has 4 rings (SSSR count). The smallest absolute Gasteiger partial charge is 0.0165 e. The molecule has 0 aromatic heterocycles. The normalized spacial score (nSPS) is 16.7. The highest BCUT2D eigenvalue weighted by Gasteiger charge is 2.32. The van der Waals surface area contributed by atoms with Gasteiger partial charge in [0, 0.05) is 5.92 Å². The van der Waals surface area contributed by atoms with Gasteiger partial charge in [0.2, 0.25) is 0 Å². The van der Waals surface area contributed by atoms with Gasteiger partial charge in [0.15, 0.2) is 0 Å². The molecule has 0 nitrogen and oxygen atoms in total. The Morgan fingerprint density at radius 2 is 1.41 bits per heavy atom. The van der Waals surface area contributed by atoms with Crippen LogP contribution < -0.4 is 0 Å². The number of rotatable bonds is 3. The molecule has 0 fully saturated rings. The molecule has 2 aliphatic carbocycles. The summed E-state index contributed by atoms with van der Waals surface area (Å²) >= 11 is 0. The van der Waals surface area contributed by atoms with Crippen molar-refractivity contribution in [2.24, 2.45) is 5.92 Å². The standard InChI is InChI=1S/C22H20/c1-2-17(15-16-9-3-4-10-16)22-20-13-7-5-11-18(20)19-12-6-8-14-21(19)22/h3-15,17,22H,2H2,1H3. The molecule has 0 aliphatic heterocycles. The summed E-state index contributed by atoms with van der Waals surface area (Å²) in [5.41, 5.74) is 7.14. The van der Waals surface area contributed by atoms with Crippen LogP contribution in [0.4, 0.5) is 0 Å². The van der Waals surface area contributed by atoms with E-state index >= 15 is 0 Å². The molecule has 0 saturated carbocycles. The molecular formula is C22H20. The van der Waals surface area contributed by atoms with Crippen LogP contribution in [0.25, 0.3) is 11.1 Å². The molecule has 0 radical (unpaired) electrons. The largest absolute Gasteiger partial charge is 0.0732 e. The van der Waals surface area contributed by atoms with Crippen molar-refractivity contribution in [3.8, 4) is 11.1 Å². The maximum Gasteiger partial charge on any atom is 0.0165 e. The maximum atomic E-state index is 2.45. The summed E-state index contributed by atoms with van der Waals surface area (Å²) in [5.74, 6) is 1.01. The third kappa shape index (κ3) is 2.07. The first-order valence-corrected chi connectivity index (χ1v) is 8.13. The highest BCUT2D eigenvalue weighted by Crippen LogP contribution is 2.49. The zero-order valence-corrected chi connectivity index (χ0v) is 12.9. The fraction of sp³-hybridized carbons (Fsp3) is 0.182. The maximum absolute atomic E-state index is 2.45. The Morgan fingerprint density at radius 3 is 1.95 bits per heavy atom. The van der Waals surface area contributed by atoms with Crippen molar-refractivity contribution in [2.45, 2.75) is 19.3 Å². The zero-order chi connectivity index (χ0) is 14.9. The van der Waals surface area contributed by atoms with E-state index in [1.807, 2.05) is 0 Å². The fourth-order valence-corrected chi connectivity index (χ4v) is 3.85. The number of hydrogen-bond donors (Lipinski definition) is 0. The summed E-state index contributed by atoms with van der Waals surface area (Å²) in [6.45, 7) is 2.30. The Bertz CT molecular complexity index is 730. The van der Waals surface area contributed by atoms with Gasteiger partial charge in [-0.05, 0) is 40.2 Å². The van der Waals surface area contributed by atoms with Crippen molar-refractivity contribution in [1.29, 1.82) is 0 Å². The average Bonchev–Trinajstić information content (AvgIpc) is 3.18. The minimum Gasteiger partial charge on any atom is -0.0732 e. The summed E-state index contributed by atoms with van der Waals surface area (Å²) in [5, 5.41) is 0. The van der Waals surface area contributed by atoms with Crippen LogP contribution in [0.5, 0.6) is 0 Å². The van der Waals surface area contributed by atoms with Crippen molar-refractivity contribution in [2.75, 3.05) is 0 Å². The van der Waals surface area contributed by atoms with E-state index < -0.39 is 0 Å². The van der Waals surface area contributed by atoms with Gasteiger partial charge < -0.3 is 0 Å². The Hall–Kier alpha value is -2.34. The first-order valence-electron chi connectivity index (χ1n) is 8.13. The van der Waals surface area contributed by atoms with Gasteiger partial charge in [0.05, 0.1) is 0 Å². The lowest BCUT2D eigenvalue weighted by molar-refractivity contribution is 0.558. The predicted molar refractivity (Wildman–Crippen MR) is 93.9 cm³/mol. The predicted octanol–water partition coefficient (Wildman–Crippen LogP) is 5.88. The van der Waals surface area contributed by atoms with Gasteiger partial charge in [-0.25, -0.2) is 0 Å². The Labute approximate surface area is 132 Å². The van der Waals surface area contributed by atoms with Gasteiger partial charge in [-0.15, -0.1) is 0 Å². The van der Waals surface area contributed by atoms with Gasteiger partial charge in [-0.2, -0.15) is 0 Å². The topological polar surface area (TPSA) is 0 Å². The number of benzene rings is 2. The summed E-state index contributed by atoms with van der Waals surface area (Å²) in [6, 6.07) is 17.8. The van der Waals surface area contributed by atoms with E-state index in [9.17, 15) is 0 Å². The molecule has 108 valence electrons. The van der Waals surface area contributed by atoms with E-state index in [1.54, 1.807) is 0 Å². The van der Waals surface area contributed by atoms with Gasteiger partial charge in [0.1, 0.15) is 0 Å². The lowest BCUT2D eigenvalue weighted by Crippen LogP contribution is -2.09. The monoisotopic (exact) mass is 284 g/mol. The van der Waals surface area contributed by atoms with Crippen LogP contribution in [0.2, 0.25) is 0 Å². The van der Waals surface area contributed by atoms with Crippen molar-refractivity contribution < 1.29 is 0 Å². The van der Waals surface area contributed by atoms with Crippen molar-refractivity contribution in [3.63, 3.8) is 0 Å². The van der Waals surface area contributed by atoms with Gasteiger partial charge in [-0.1, -0.05) is 85.8 Å². The molecule has 0 saturated heterocycles. The van der Waals surface area contributed by atoms with E-state index in [2.05, 4.69) is 85.8 Å². The SMILES string of the molecule is CCC(C=C1C=CC=C1)C1c2ccccc2-c2ccccc21. The minimum absolute atomic E-state index is 0.479. The van der Waals surface area contributed by atoms with Crippen molar-refractivity contribution in [1.82, 2.24) is 0 Å². The quantitative estimate of drug-likeness (QED) is 0.660. The van der Waals surface area contributed by atoms with Gasteiger partial charge >= 0.3 is 0 Å². The van der Waals surface area contributed by atoms with Crippen LogP contribution in [-0.4, -0.2) is 0 Å². The molecule has 0 bridgehead atoms. The second kappa shape index (κ2) is 5.46. The molecule has 0 heterocycles. The molecule has 0 spiro atoms. The van der Waals surface area contributed by atoms with Crippen LogP contribution in [0.3, 0.4) is 0 Å². The van der Waals surface area contributed by atoms with Gasteiger partial charge in [-0.3, -0.25) is 0 Å². The summed E-state index contributed by atoms with van der Waals surface area (Å²) in [4.78, 5) is 0. The first-order chi connectivity index (χ1) is 10.9. The van der Waals surface area contributed by atoms with Crippen LogP contribution in [0.1, 0.15) is 30.4 Å². The molecule has 1 unspecified atom stereocenters. The van der Waals surface area contributed by atoms with E-state index in [1.165, 1.54) is 27.8 Å². The number of allylic oxidation sites excluding steroid dienone is 6. The molecule has 2 aromatic carbocycles. The van der Waals surface area contributed by atoms with E-state index in [0.717, 1.165) is 6.42 Å². The second-order valence-corrected chi connectivity index (χ2v) is 6.11. The molecule has 0 N–H and O–H groups in total. The highest BCUT2D eigenvalue weighted by atomic mass is 14.3. The highest BCUT2D eigenvalue weighted by molar-refractivity contribution is 5.79. The van der Waals surface area contributed by atoms with Crippen LogP contribution >= 0.6 is 0 Å². The first kappa shape index (κ1) is 13.3. The molecule has 0 amide bonds. The molecule has 1 atom stereocenters. The third-order valence-electron chi connectivity index (χ3n) is 4.88. The molecule has 2 aliphatic rings. The summed E-state index contributed by atoms with van der Waals surface area (Å²) in [6.07, 6.45) is 12.2. The molecule has 0 heteroatoms. The second-order valence-electron chi connectivity index (χ2n) is 6.11. The van der Waals surface area contributed by atoms with Crippen molar-refractivity contribution >= 4 is 0 Å². The fourth-order valence-electron chi connectivity index (χ4n) is 3.85. The van der Waals surface area contributed by atoms with E-state index in [4.69, 9.17) is 0 Å². The summed E-state index contributed by atoms with van der Waals surface area (Å²) < 4.78 is 0. The summed E-state index contributed by atoms with van der Waals surface area (Å²) in [7, 11) is 0. The van der Waals surface area contributed by atoms with E-state index in [-0.39, 0.29) is 0 Å². The minimum atomic E-state index is 0.479. The van der Waals surface area contributed by atoms with Crippen LogP contribution in [0, 0.1) is 5.92 Å². The molecule has 22 heavy (non-hydrogen) atoms. The Morgan fingerprint density at radius 1 is 0.864 bits per heavy atom. The number of hydrogen-bond acceptors (Lipinski definition) is 0. The van der Waals surface area contributed by atoms with Crippen LogP contribution in [0.15, 0.2) is 84.5 Å².